The van der Waals surface area contributed by atoms with Gasteiger partial charge in [0, 0.05) is 23.0 Å². The summed E-state index contributed by atoms with van der Waals surface area (Å²) in [4.78, 5) is 29.7. The molecule has 1 aliphatic rings. The number of rotatable bonds is 5. The minimum absolute atomic E-state index is 0.101. The number of aryl methyl sites for hydroxylation is 1. The number of anilines is 2. The summed E-state index contributed by atoms with van der Waals surface area (Å²) in [5.41, 5.74) is 3.55. The third-order valence-corrected chi connectivity index (χ3v) is 5.94. The van der Waals surface area contributed by atoms with E-state index in [2.05, 4.69) is 15.6 Å². The zero-order valence-electron chi connectivity index (χ0n) is 19.1. The Bertz CT molecular complexity index is 1480. The van der Waals surface area contributed by atoms with E-state index in [1.807, 2.05) is 49.4 Å². The normalized spacial score (nSPS) is 14.7. The highest BCUT2D eigenvalue weighted by atomic mass is 16.6. The molecule has 0 saturated heterocycles. The summed E-state index contributed by atoms with van der Waals surface area (Å²) in [5, 5.41) is 22.7. The van der Waals surface area contributed by atoms with Crippen molar-refractivity contribution in [1.29, 1.82) is 0 Å². The summed E-state index contributed by atoms with van der Waals surface area (Å²) in [6.07, 6.45) is 0. The Morgan fingerprint density at radius 2 is 1.69 bits per heavy atom. The second-order valence-corrected chi connectivity index (χ2v) is 8.22. The van der Waals surface area contributed by atoms with Crippen LogP contribution in [0.15, 0.2) is 90.1 Å². The van der Waals surface area contributed by atoms with E-state index in [1.165, 1.54) is 6.07 Å². The van der Waals surface area contributed by atoms with Crippen LogP contribution in [0.2, 0.25) is 0 Å². The highest BCUT2D eigenvalue weighted by Gasteiger charge is 2.37. The number of benzene rings is 3. The van der Waals surface area contributed by atoms with Gasteiger partial charge in [-0.25, -0.2) is 4.68 Å². The van der Waals surface area contributed by atoms with E-state index in [0.717, 1.165) is 11.1 Å². The Labute approximate surface area is 201 Å². The molecule has 1 aromatic heterocycles. The van der Waals surface area contributed by atoms with E-state index in [0.29, 0.717) is 34.3 Å². The van der Waals surface area contributed by atoms with Gasteiger partial charge >= 0.3 is 0 Å². The maximum atomic E-state index is 13.5. The molecule has 35 heavy (non-hydrogen) atoms. The number of nitro groups is 1. The van der Waals surface area contributed by atoms with E-state index < -0.39 is 11.0 Å². The lowest BCUT2D eigenvalue weighted by Gasteiger charge is -2.28. The standard InChI is InChI=1S/C26H22N6O3/c1-16-10-6-7-13-19(16)24-29-26-27-17(2)22(25(33)28-18-11-4-3-5-12-18)23(31(26)30-24)20-14-8-9-15-21(20)32(34)35/h3-15,23H,1-2H3,(H,28,33)(H,27,29,30). The Hall–Kier alpha value is -4.79. The van der Waals surface area contributed by atoms with Crippen molar-refractivity contribution >= 4 is 23.2 Å². The zero-order chi connectivity index (χ0) is 24.5. The molecule has 3 aromatic carbocycles. The van der Waals surface area contributed by atoms with Crippen LogP contribution < -0.4 is 10.6 Å². The van der Waals surface area contributed by atoms with Crippen LogP contribution in [-0.2, 0) is 4.79 Å². The summed E-state index contributed by atoms with van der Waals surface area (Å²) in [7, 11) is 0. The summed E-state index contributed by atoms with van der Waals surface area (Å²) in [6, 6.07) is 22.3. The lowest BCUT2D eigenvalue weighted by atomic mass is 9.93. The first-order valence-corrected chi connectivity index (χ1v) is 11.0. The minimum Gasteiger partial charge on any atom is -0.328 e. The van der Waals surface area contributed by atoms with Crippen LogP contribution in [0.5, 0.6) is 0 Å². The SMILES string of the molecule is CC1=C(C(=O)Nc2ccccc2)C(c2ccccc2[N+](=O)[O-])n2nc(-c3ccccc3C)nc2N1. The van der Waals surface area contributed by atoms with Gasteiger partial charge in [-0.3, -0.25) is 14.9 Å². The predicted molar refractivity (Wildman–Crippen MR) is 133 cm³/mol. The number of fused-ring (bicyclic) bond motifs is 1. The second-order valence-electron chi connectivity index (χ2n) is 8.22. The van der Waals surface area contributed by atoms with Crippen molar-refractivity contribution < 1.29 is 9.72 Å². The number of hydrogen-bond donors (Lipinski definition) is 2. The fraction of sp³-hybridized carbons (Fsp3) is 0.115. The van der Waals surface area contributed by atoms with Crippen molar-refractivity contribution in [2.45, 2.75) is 19.9 Å². The molecule has 0 spiro atoms. The number of carbonyl (C=O) groups is 1. The highest BCUT2D eigenvalue weighted by molar-refractivity contribution is 6.06. The first-order valence-electron chi connectivity index (χ1n) is 11.0. The van der Waals surface area contributed by atoms with Gasteiger partial charge in [0.2, 0.25) is 5.95 Å². The van der Waals surface area contributed by atoms with Crippen LogP contribution in [0, 0.1) is 17.0 Å². The number of nitrogens with one attached hydrogen (secondary N) is 2. The fourth-order valence-corrected chi connectivity index (χ4v) is 4.28. The smallest absolute Gasteiger partial charge is 0.275 e. The summed E-state index contributed by atoms with van der Waals surface area (Å²) >= 11 is 0. The summed E-state index contributed by atoms with van der Waals surface area (Å²) in [5.74, 6) is 0.481. The molecule has 0 aliphatic carbocycles. The number of carbonyl (C=O) groups excluding carboxylic acids is 1. The molecule has 1 aliphatic heterocycles. The van der Waals surface area contributed by atoms with Crippen molar-refractivity contribution in [1.82, 2.24) is 14.8 Å². The molecule has 2 heterocycles. The molecule has 1 unspecified atom stereocenters. The Morgan fingerprint density at radius 1 is 1.00 bits per heavy atom. The number of amides is 1. The molecule has 5 rings (SSSR count). The van der Waals surface area contributed by atoms with Crippen LogP contribution in [0.1, 0.15) is 24.1 Å². The highest BCUT2D eigenvalue weighted by Crippen LogP contribution is 2.40. The Morgan fingerprint density at radius 3 is 2.43 bits per heavy atom. The van der Waals surface area contributed by atoms with Gasteiger partial charge in [-0.1, -0.05) is 54.6 Å². The van der Waals surface area contributed by atoms with Gasteiger partial charge in [0.05, 0.1) is 16.1 Å². The predicted octanol–water partition coefficient (Wildman–Crippen LogP) is 5.09. The number of para-hydroxylation sites is 2. The lowest BCUT2D eigenvalue weighted by molar-refractivity contribution is -0.385. The van der Waals surface area contributed by atoms with E-state index >= 15 is 0 Å². The number of nitrogens with zero attached hydrogens (tertiary/aromatic N) is 4. The minimum atomic E-state index is -0.859. The second kappa shape index (κ2) is 8.86. The van der Waals surface area contributed by atoms with Crippen LogP contribution in [0.4, 0.5) is 17.3 Å². The zero-order valence-corrected chi connectivity index (χ0v) is 19.1. The summed E-state index contributed by atoms with van der Waals surface area (Å²) < 4.78 is 1.55. The van der Waals surface area contributed by atoms with Crippen molar-refractivity contribution in [2.24, 2.45) is 0 Å². The Balaban J connectivity index is 1.68. The van der Waals surface area contributed by atoms with Gasteiger partial charge < -0.3 is 10.6 Å². The third-order valence-electron chi connectivity index (χ3n) is 5.94. The molecule has 174 valence electrons. The van der Waals surface area contributed by atoms with Crippen LogP contribution >= 0.6 is 0 Å². The molecule has 0 saturated carbocycles. The quantitative estimate of drug-likeness (QED) is 0.313. The first-order chi connectivity index (χ1) is 16.9. The molecule has 0 fully saturated rings. The van der Waals surface area contributed by atoms with Gasteiger partial charge in [-0.2, -0.15) is 4.98 Å². The Kier molecular flexibility index (Phi) is 5.58. The summed E-state index contributed by atoms with van der Waals surface area (Å²) in [6.45, 7) is 3.72. The molecule has 2 N–H and O–H groups in total. The largest absolute Gasteiger partial charge is 0.328 e. The maximum Gasteiger partial charge on any atom is 0.275 e. The van der Waals surface area contributed by atoms with Crippen LogP contribution in [-0.4, -0.2) is 25.6 Å². The van der Waals surface area contributed by atoms with Gasteiger partial charge in [0.15, 0.2) is 5.82 Å². The molecule has 0 radical (unpaired) electrons. The van der Waals surface area contributed by atoms with Crippen LogP contribution in [0.3, 0.4) is 0 Å². The third kappa shape index (κ3) is 4.04. The van der Waals surface area contributed by atoms with Crippen molar-refractivity contribution in [3.8, 4) is 11.4 Å². The van der Waals surface area contributed by atoms with Gasteiger partial charge in [-0.15, -0.1) is 5.10 Å². The first kappa shape index (κ1) is 22.0. The molecule has 0 bridgehead atoms. The molecule has 9 nitrogen and oxygen atoms in total. The molecular weight excluding hydrogens is 444 g/mol. The molecule has 1 amide bonds. The lowest BCUT2D eigenvalue weighted by Crippen LogP contribution is -2.31. The molecule has 9 heteroatoms. The topological polar surface area (TPSA) is 115 Å². The van der Waals surface area contributed by atoms with E-state index in [9.17, 15) is 14.9 Å². The number of aromatic nitrogens is 3. The number of hydrogen-bond acceptors (Lipinski definition) is 6. The van der Waals surface area contributed by atoms with Crippen molar-refractivity contribution in [3.05, 3.63) is 111 Å². The van der Waals surface area contributed by atoms with Gasteiger partial charge in [0.1, 0.15) is 6.04 Å². The van der Waals surface area contributed by atoms with Gasteiger partial charge in [0.25, 0.3) is 11.6 Å². The number of nitro benzene ring substituents is 1. The van der Waals surface area contributed by atoms with E-state index in [-0.39, 0.29) is 11.6 Å². The molecule has 1 atom stereocenters. The monoisotopic (exact) mass is 466 g/mol. The van der Waals surface area contributed by atoms with Crippen molar-refractivity contribution in [2.75, 3.05) is 10.6 Å². The van der Waals surface area contributed by atoms with E-state index in [4.69, 9.17) is 5.10 Å². The molecular formula is C26H22N6O3. The van der Waals surface area contributed by atoms with Crippen molar-refractivity contribution in [3.63, 3.8) is 0 Å². The molecule has 4 aromatic rings. The fourth-order valence-electron chi connectivity index (χ4n) is 4.28. The average molecular weight is 467 g/mol. The number of allylic oxidation sites excluding steroid dienone is 1. The average Bonchev–Trinajstić information content (AvgIpc) is 3.27. The van der Waals surface area contributed by atoms with E-state index in [1.54, 1.807) is 41.9 Å². The van der Waals surface area contributed by atoms with Gasteiger partial charge in [-0.05, 0) is 37.6 Å². The van der Waals surface area contributed by atoms with Crippen LogP contribution in [0.25, 0.3) is 11.4 Å². The maximum absolute atomic E-state index is 13.5.